The van der Waals surface area contributed by atoms with E-state index in [-0.39, 0.29) is 29.9 Å². The maximum atomic E-state index is 14.5. The van der Waals surface area contributed by atoms with Gasteiger partial charge in [-0.3, -0.25) is 0 Å². The summed E-state index contributed by atoms with van der Waals surface area (Å²) in [5.41, 5.74) is 1.58. The molecule has 3 rings (SSSR count). The molecule has 1 aliphatic rings. The number of hydrogen-bond acceptors (Lipinski definition) is 4. The largest absolute Gasteiger partial charge is 0.694 e. The van der Waals surface area contributed by atoms with Crippen LogP contribution in [0.3, 0.4) is 0 Å². The summed E-state index contributed by atoms with van der Waals surface area (Å²) in [6.07, 6.45) is 8.03. The molecule has 4 nitrogen and oxygen atoms in total. The van der Waals surface area contributed by atoms with Crippen LogP contribution in [-0.4, -0.2) is 23.8 Å². The van der Waals surface area contributed by atoms with E-state index >= 15 is 0 Å². The fourth-order valence-electron chi connectivity index (χ4n) is 4.66. The standard InChI is InChI=1S/C25H31F3NO3PS/c26-21-8-6-20(7-9-21)25(10-1-2-11-25)12-3-4-15-34-24-17-22(27)19(16-23(24)28)18-29-13-5-14-32-33(30)31/h6-9,16-17,29H,1-5,10-15,18H2/p+1. The molecule has 186 valence electrons. The quantitative estimate of drug-likeness (QED) is 0.161. The van der Waals surface area contributed by atoms with Crippen molar-refractivity contribution in [3.63, 3.8) is 0 Å². The van der Waals surface area contributed by atoms with Gasteiger partial charge in [0, 0.05) is 21.6 Å². The van der Waals surface area contributed by atoms with Crippen LogP contribution in [0.25, 0.3) is 0 Å². The highest BCUT2D eigenvalue weighted by atomic mass is 32.2. The van der Waals surface area contributed by atoms with Gasteiger partial charge in [-0.15, -0.1) is 21.2 Å². The number of benzene rings is 2. The fraction of sp³-hybridized carbons (Fsp3) is 0.520. The molecule has 1 atom stereocenters. The summed E-state index contributed by atoms with van der Waals surface area (Å²) in [5.74, 6) is -0.383. The average Bonchev–Trinajstić information content (AvgIpc) is 3.28. The van der Waals surface area contributed by atoms with Crippen LogP contribution in [0.4, 0.5) is 13.2 Å². The molecular weight excluding hydrogens is 482 g/mol. The van der Waals surface area contributed by atoms with E-state index in [1.807, 2.05) is 12.1 Å². The third-order valence-corrected chi connectivity index (χ3v) is 7.96. The van der Waals surface area contributed by atoms with Crippen LogP contribution in [0.2, 0.25) is 0 Å². The van der Waals surface area contributed by atoms with Gasteiger partial charge in [-0.2, -0.15) is 0 Å². The van der Waals surface area contributed by atoms with Crippen molar-refractivity contribution in [1.29, 1.82) is 0 Å². The molecule has 2 aromatic carbocycles. The van der Waals surface area contributed by atoms with E-state index in [4.69, 9.17) is 4.89 Å². The number of rotatable bonds is 14. The van der Waals surface area contributed by atoms with Crippen LogP contribution >= 0.6 is 20.0 Å². The Morgan fingerprint density at radius 3 is 2.47 bits per heavy atom. The summed E-state index contributed by atoms with van der Waals surface area (Å²) in [4.78, 5) is 8.86. The maximum Gasteiger partial charge on any atom is 0.694 e. The number of hydrogen-bond donors (Lipinski definition) is 2. The van der Waals surface area contributed by atoms with Crippen LogP contribution in [0.5, 0.6) is 0 Å². The van der Waals surface area contributed by atoms with Crippen LogP contribution < -0.4 is 5.32 Å². The minimum absolute atomic E-state index is 0.117. The zero-order valence-electron chi connectivity index (χ0n) is 19.2. The van der Waals surface area contributed by atoms with E-state index in [0.717, 1.165) is 32.1 Å². The zero-order chi connectivity index (χ0) is 24.4. The monoisotopic (exact) mass is 514 g/mol. The summed E-state index contributed by atoms with van der Waals surface area (Å²) >= 11 is 1.33. The van der Waals surface area contributed by atoms with Gasteiger partial charge >= 0.3 is 8.25 Å². The summed E-state index contributed by atoms with van der Waals surface area (Å²) in [5, 5.41) is 2.98. The third-order valence-electron chi connectivity index (χ3n) is 6.44. The van der Waals surface area contributed by atoms with Crippen molar-refractivity contribution in [3.8, 4) is 0 Å². The van der Waals surface area contributed by atoms with E-state index in [2.05, 4.69) is 9.84 Å². The smallest absolute Gasteiger partial charge is 0.312 e. The van der Waals surface area contributed by atoms with Crippen molar-refractivity contribution in [1.82, 2.24) is 5.32 Å². The molecule has 1 fully saturated rings. The van der Waals surface area contributed by atoms with Crippen molar-refractivity contribution in [3.05, 3.63) is 65.0 Å². The highest BCUT2D eigenvalue weighted by Gasteiger charge is 2.34. The number of nitrogens with one attached hydrogen (secondary N) is 1. The molecule has 34 heavy (non-hydrogen) atoms. The Morgan fingerprint density at radius 1 is 1.03 bits per heavy atom. The van der Waals surface area contributed by atoms with Gasteiger partial charge in [-0.25, -0.2) is 13.2 Å². The summed E-state index contributed by atoms with van der Waals surface area (Å²) in [7, 11) is -2.61. The molecule has 2 aromatic rings. The Labute approximate surface area is 204 Å². The SMILES string of the molecule is O=[P+](O)OCCCNCc1cc(F)c(SCCCCC2(c3ccc(F)cc3)CCCC2)cc1F. The predicted molar refractivity (Wildman–Crippen MR) is 130 cm³/mol. The normalized spacial score (nSPS) is 15.6. The number of halogens is 3. The lowest BCUT2D eigenvalue weighted by Crippen LogP contribution is -2.22. The van der Waals surface area contributed by atoms with Crippen LogP contribution in [0, 0.1) is 17.5 Å². The summed E-state index contributed by atoms with van der Waals surface area (Å²) < 4.78 is 57.2. The Balaban J connectivity index is 1.42. The van der Waals surface area contributed by atoms with Crippen LogP contribution in [-0.2, 0) is 21.0 Å². The summed E-state index contributed by atoms with van der Waals surface area (Å²) in [6, 6.07) is 9.39. The molecule has 0 heterocycles. The van der Waals surface area contributed by atoms with E-state index in [9.17, 15) is 17.7 Å². The van der Waals surface area contributed by atoms with E-state index in [1.54, 1.807) is 0 Å². The van der Waals surface area contributed by atoms with Gasteiger partial charge in [0.1, 0.15) is 24.1 Å². The van der Waals surface area contributed by atoms with Crippen LogP contribution in [0.1, 0.15) is 62.5 Å². The molecule has 1 unspecified atom stereocenters. The average molecular weight is 515 g/mol. The van der Waals surface area contributed by atoms with E-state index in [1.165, 1.54) is 54.4 Å². The fourth-order valence-corrected chi connectivity index (χ4v) is 5.90. The zero-order valence-corrected chi connectivity index (χ0v) is 20.9. The van der Waals surface area contributed by atoms with E-state index in [0.29, 0.717) is 23.6 Å². The molecular formula is C25H32F3NO3PS+. The van der Waals surface area contributed by atoms with Crippen molar-refractivity contribution in [2.75, 3.05) is 18.9 Å². The molecule has 0 aromatic heterocycles. The Kier molecular flexibility index (Phi) is 10.9. The highest BCUT2D eigenvalue weighted by molar-refractivity contribution is 7.99. The van der Waals surface area contributed by atoms with Crippen molar-refractivity contribution in [2.24, 2.45) is 0 Å². The molecule has 1 saturated carbocycles. The molecule has 1 aliphatic carbocycles. The summed E-state index contributed by atoms with van der Waals surface area (Å²) in [6.45, 7) is 0.751. The van der Waals surface area contributed by atoms with E-state index < -0.39 is 19.9 Å². The first-order chi connectivity index (χ1) is 16.4. The molecule has 0 bridgehead atoms. The van der Waals surface area contributed by atoms with Crippen LogP contribution in [0.15, 0.2) is 41.3 Å². The molecule has 0 saturated heterocycles. The maximum absolute atomic E-state index is 14.5. The Hall–Kier alpha value is -1.44. The van der Waals surface area contributed by atoms with Gasteiger partial charge in [0.05, 0.1) is 0 Å². The molecule has 0 aliphatic heterocycles. The predicted octanol–water partition coefficient (Wildman–Crippen LogP) is 7.02. The minimum atomic E-state index is -2.61. The lowest BCUT2D eigenvalue weighted by Gasteiger charge is -2.30. The van der Waals surface area contributed by atoms with Gasteiger partial charge in [-0.1, -0.05) is 31.4 Å². The second-order valence-corrected chi connectivity index (χ2v) is 10.6. The second kappa shape index (κ2) is 13.6. The molecule has 9 heteroatoms. The minimum Gasteiger partial charge on any atom is -0.312 e. The topological polar surface area (TPSA) is 58.6 Å². The van der Waals surface area contributed by atoms with Gasteiger partial charge in [-0.05, 0) is 79.6 Å². The Morgan fingerprint density at radius 2 is 1.76 bits per heavy atom. The van der Waals surface area contributed by atoms with Crippen molar-refractivity contribution < 1.29 is 27.2 Å². The molecule has 0 spiro atoms. The van der Waals surface area contributed by atoms with Gasteiger partial charge in [0.25, 0.3) is 0 Å². The van der Waals surface area contributed by atoms with Crippen molar-refractivity contribution >= 4 is 20.0 Å². The Bertz CT molecular complexity index is 940. The first kappa shape index (κ1) is 27.2. The third kappa shape index (κ3) is 8.06. The second-order valence-electron chi connectivity index (χ2n) is 8.78. The molecule has 2 N–H and O–H groups in total. The van der Waals surface area contributed by atoms with Gasteiger partial charge in [0.2, 0.25) is 0 Å². The first-order valence-electron chi connectivity index (χ1n) is 11.8. The van der Waals surface area contributed by atoms with Crippen molar-refractivity contribution in [2.45, 2.75) is 68.2 Å². The number of thioether (sulfide) groups is 1. The lowest BCUT2D eigenvalue weighted by molar-refractivity contribution is 0.276. The molecule has 0 amide bonds. The lowest BCUT2D eigenvalue weighted by atomic mass is 9.75. The molecule has 0 radical (unpaired) electrons. The first-order valence-corrected chi connectivity index (χ1v) is 13.9. The number of unbranched alkanes of at least 4 members (excludes halogenated alkanes) is 1. The van der Waals surface area contributed by atoms with Gasteiger partial charge < -0.3 is 5.32 Å². The highest BCUT2D eigenvalue weighted by Crippen LogP contribution is 2.45. The van der Waals surface area contributed by atoms with Gasteiger partial charge in [0.15, 0.2) is 0 Å².